The molecule has 1 aromatic carbocycles. The Labute approximate surface area is 164 Å². The van der Waals surface area contributed by atoms with E-state index in [0.29, 0.717) is 12.8 Å². The second kappa shape index (κ2) is 8.37. The molecule has 1 N–H and O–H groups in total. The molecule has 6 nitrogen and oxygen atoms in total. The summed E-state index contributed by atoms with van der Waals surface area (Å²) in [7, 11) is -3.70. The van der Waals surface area contributed by atoms with Gasteiger partial charge in [0.15, 0.2) is 0 Å². The van der Waals surface area contributed by atoms with Crippen molar-refractivity contribution >= 4 is 33.2 Å². The zero-order chi connectivity index (χ0) is 19.4. The fraction of sp³-hybridized carbons (Fsp3) is 0.368. The molecule has 27 heavy (non-hydrogen) atoms. The minimum Gasteiger partial charge on any atom is -0.326 e. The second-order valence-corrected chi connectivity index (χ2v) is 8.74. The quantitative estimate of drug-likeness (QED) is 0.771. The number of pyridine rings is 1. The zero-order valence-corrected chi connectivity index (χ0v) is 16.6. The number of sulfonamides is 1. The Morgan fingerprint density at radius 1 is 1.22 bits per heavy atom. The molecule has 1 aromatic heterocycles. The minimum absolute atomic E-state index is 0.00596. The number of piperidine rings is 1. The van der Waals surface area contributed by atoms with Gasteiger partial charge in [-0.05, 0) is 43.0 Å². The van der Waals surface area contributed by atoms with E-state index in [4.69, 9.17) is 11.6 Å². The van der Waals surface area contributed by atoms with Crippen LogP contribution < -0.4 is 5.32 Å². The van der Waals surface area contributed by atoms with Gasteiger partial charge in [-0.25, -0.2) is 13.4 Å². The number of aromatic nitrogens is 1. The molecule has 0 radical (unpaired) electrons. The van der Waals surface area contributed by atoms with Gasteiger partial charge in [-0.2, -0.15) is 4.31 Å². The third-order valence-corrected chi connectivity index (χ3v) is 7.17. The molecule has 3 rings (SSSR count). The van der Waals surface area contributed by atoms with E-state index in [0.717, 1.165) is 17.7 Å². The molecule has 0 atom stereocenters. The highest BCUT2D eigenvalue weighted by Gasteiger charge is 2.33. The van der Waals surface area contributed by atoms with Gasteiger partial charge >= 0.3 is 0 Å². The molecule has 1 amide bonds. The fourth-order valence-electron chi connectivity index (χ4n) is 3.25. The van der Waals surface area contributed by atoms with E-state index in [2.05, 4.69) is 10.3 Å². The topological polar surface area (TPSA) is 79.4 Å². The standard InChI is InChI=1S/C19H22ClN3O3S/c1-2-14-6-3-4-7-16(14)22-19(24)15-9-12-23(13-10-15)27(25,26)17-8-5-11-21-18(17)20/h3-8,11,15H,2,9-10,12-13H2,1H3,(H,22,24). The average molecular weight is 408 g/mol. The number of anilines is 1. The largest absolute Gasteiger partial charge is 0.326 e. The lowest BCUT2D eigenvalue weighted by molar-refractivity contribution is -0.120. The van der Waals surface area contributed by atoms with Gasteiger partial charge in [0.25, 0.3) is 0 Å². The molecule has 2 aromatic rings. The van der Waals surface area contributed by atoms with E-state index in [1.807, 2.05) is 31.2 Å². The number of carbonyl (C=O) groups excluding carboxylic acids is 1. The summed E-state index contributed by atoms with van der Waals surface area (Å²) in [6.45, 7) is 2.60. The van der Waals surface area contributed by atoms with Crippen LogP contribution in [0.15, 0.2) is 47.5 Å². The van der Waals surface area contributed by atoms with Crippen molar-refractivity contribution in [3.8, 4) is 0 Å². The van der Waals surface area contributed by atoms with Crippen LogP contribution in [-0.2, 0) is 21.2 Å². The Balaban J connectivity index is 1.65. The lowest BCUT2D eigenvalue weighted by Gasteiger charge is -2.30. The van der Waals surface area contributed by atoms with E-state index in [1.54, 1.807) is 6.07 Å². The Hall–Kier alpha value is -1.96. The minimum atomic E-state index is -3.70. The number of rotatable bonds is 5. The number of hydrogen-bond donors (Lipinski definition) is 1. The molecule has 1 aliphatic rings. The number of aryl methyl sites for hydroxylation is 1. The molecule has 0 spiro atoms. The highest BCUT2D eigenvalue weighted by molar-refractivity contribution is 7.89. The molecular formula is C19H22ClN3O3S. The first kappa shape index (κ1) is 19.8. The van der Waals surface area contributed by atoms with E-state index >= 15 is 0 Å². The van der Waals surface area contributed by atoms with Crippen LogP contribution in [0.4, 0.5) is 5.69 Å². The van der Waals surface area contributed by atoms with Crippen LogP contribution in [0.25, 0.3) is 0 Å². The van der Waals surface area contributed by atoms with Crippen molar-refractivity contribution in [2.75, 3.05) is 18.4 Å². The molecule has 0 aliphatic carbocycles. The van der Waals surface area contributed by atoms with Crippen LogP contribution in [0.5, 0.6) is 0 Å². The molecule has 1 fully saturated rings. The maximum atomic E-state index is 12.8. The Bertz CT molecular complexity index is 925. The Morgan fingerprint density at radius 2 is 1.93 bits per heavy atom. The predicted molar refractivity (Wildman–Crippen MR) is 105 cm³/mol. The lowest BCUT2D eigenvalue weighted by atomic mass is 9.97. The summed E-state index contributed by atoms with van der Waals surface area (Å²) in [6.07, 6.45) is 3.22. The van der Waals surface area contributed by atoms with Crippen molar-refractivity contribution < 1.29 is 13.2 Å². The molecular weight excluding hydrogens is 386 g/mol. The van der Waals surface area contributed by atoms with Crippen molar-refractivity contribution in [1.82, 2.24) is 9.29 Å². The van der Waals surface area contributed by atoms with Crippen LogP contribution in [-0.4, -0.2) is 36.7 Å². The molecule has 144 valence electrons. The third-order valence-electron chi connectivity index (χ3n) is 4.82. The van der Waals surface area contributed by atoms with Crippen molar-refractivity contribution in [2.24, 2.45) is 5.92 Å². The number of halogens is 1. The summed E-state index contributed by atoms with van der Waals surface area (Å²) >= 11 is 5.94. The first-order chi connectivity index (χ1) is 12.9. The van der Waals surface area contributed by atoms with Crippen LogP contribution >= 0.6 is 11.6 Å². The van der Waals surface area contributed by atoms with Gasteiger partial charge in [-0.15, -0.1) is 0 Å². The summed E-state index contributed by atoms with van der Waals surface area (Å²) in [5.74, 6) is -0.280. The number of nitrogens with one attached hydrogen (secondary N) is 1. The molecule has 1 saturated heterocycles. The van der Waals surface area contributed by atoms with Crippen LogP contribution in [0.2, 0.25) is 5.15 Å². The molecule has 0 saturated carbocycles. The predicted octanol–water partition coefficient (Wildman–Crippen LogP) is 3.34. The van der Waals surface area contributed by atoms with E-state index in [-0.39, 0.29) is 35.0 Å². The zero-order valence-electron chi connectivity index (χ0n) is 15.1. The maximum Gasteiger partial charge on any atom is 0.246 e. The highest BCUT2D eigenvalue weighted by atomic mass is 35.5. The molecule has 1 aliphatic heterocycles. The van der Waals surface area contributed by atoms with Gasteiger partial charge in [-0.1, -0.05) is 36.7 Å². The van der Waals surface area contributed by atoms with Gasteiger partial charge in [0.1, 0.15) is 10.0 Å². The molecule has 0 unspecified atom stereocenters. The first-order valence-electron chi connectivity index (χ1n) is 8.93. The van der Waals surface area contributed by atoms with E-state index in [1.165, 1.54) is 16.6 Å². The van der Waals surface area contributed by atoms with Crippen molar-refractivity contribution in [1.29, 1.82) is 0 Å². The number of hydrogen-bond acceptors (Lipinski definition) is 4. The molecule has 0 bridgehead atoms. The summed E-state index contributed by atoms with van der Waals surface area (Å²) in [6, 6.07) is 10.7. The van der Waals surface area contributed by atoms with Crippen molar-refractivity contribution in [3.63, 3.8) is 0 Å². The Morgan fingerprint density at radius 3 is 2.59 bits per heavy atom. The van der Waals surface area contributed by atoms with Gasteiger partial charge in [0, 0.05) is 30.9 Å². The van der Waals surface area contributed by atoms with Gasteiger partial charge in [0.2, 0.25) is 15.9 Å². The number of nitrogens with zero attached hydrogens (tertiary/aromatic N) is 2. The van der Waals surface area contributed by atoms with Crippen molar-refractivity contribution in [3.05, 3.63) is 53.3 Å². The van der Waals surface area contributed by atoms with Crippen LogP contribution in [0.1, 0.15) is 25.3 Å². The number of para-hydroxylation sites is 1. The highest BCUT2D eigenvalue weighted by Crippen LogP contribution is 2.28. The van der Waals surface area contributed by atoms with Crippen molar-refractivity contribution in [2.45, 2.75) is 31.1 Å². The Kier molecular flexibility index (Phi) is 6.14. The van der Waals surface area contributed by atoms with E-state index < -0.39 is 10.0 Å². The number of benzene rings is 1. The molecule has 8 heteroatoms. The smallest absolute Gasteiger partial charge is 0.246 e. The summed E-state index contributed by atoms with van der Waals surface area (Å²) in [5, 5.41) is 2.95. The average Bonchev–Trinajstić information content (AvgIpc) is 2.68. The summed E-state index contributed by atoms with van der Waals surface area (Å²) in [4.78, 5) is 16.5. The van der Waals surface area contributed by atoms with Gasteiger partial charge in [-0.3, -0.25) is 4.79 Å². The normalized spacial score (nSPS) is 16.2. The fourth-order valence-corrected chi connectivity index (χ4v) is 5.14. The van der Waals surface area contributed by atoms with Crippen LogP contribution in [0.3, 0.4) is 0 Å². The van der Waals surface area contributed by atoms with E-state index in [9.17, 15) is 13.2 Å². The SMILES string of the molecule is CCc1ccccc1NC(=O)C1CCN(S(=O)(=O)c2cccnc2Cl)CC1. The maximum absolute atomic E-state index is 12.8. The summed E-state index contributed by atoms with van der Waals surface area (Å²) < 4.78 is 26.9. The second-order valence-electron chi connectivity index (χ2n) is 6.47. The first-order valence-corrected chi connectivity index (χ1v) is 10.7. The van der Waals surface area contributed by atoms with Gasteiger partial charge < -0.3 is 5.32 Å². The van der Waals surface area contributed by atoms with Gasteiger partial charge in [0.05, 0.1) is 0 Å². The lowest BCUT2D eigenvalue weighted by Crippen LogP contribution is -2.41. The number of carbonyl (C=O) groups is 1. The monoisotopic (exact) mass is 407 g/mol. The molecule has 2 heterocycles. The summed E-state index contributed by atoms with van der Waals surface area (Å²) in [5.41, 5.74) is 1.90. The third kappa shape index (κ3) is 4.31. The van der Waals surface area contributed by atoms with Crippen LogP contribution in [0, 0.1) is 5.92 Å². The number of amides is 1.